The Morgan fingerprint density at radius 1 is 0.969 bits per heavy atom. The highest BCUT2D eigenvalue weighted by Gasteiger charge is 2.62. The molecule has 0 radical (unpaired) electrons. The first kappa shape index (κ1) is 22.1. The van der Waals surface area contributed by atoms with Crippen LogP contribution in [0.15, 0.2) is 53.7 Å². The SMILES string of the molecule is O=CN1CC(F)(c2ccc(C3=NOC(c4cccc(C(F)(F)F)c4)(C(F)(F)F)C3)cc2)C1. The van der Waals surface area contributed by atoms with Crippen molar-refractivity contribution in [3.8, 4) is 0 Å². The zero-order valence-electron chi connectivity index (χ0n) is 16.2. The van der Waals surface area contributed by atoms with Crippen LogP contribution in [0.5, 0.6) is 0 Å². The number of hydrogen-bond donors (Lipinski definition) is 0. The molecular formula is C21H15F7N2O2. The van der Waals surface area contributed by atoms with Gasteiger partial charge in [0.1, 0.15) is 0 Å². The Hall–Kier alpha value is -3.11. The van der Waals surface area contributed by atoms with Gasteiger partial charge in [-0.05, 0) is 23.3 Å². The molecule has 1 atom stereocenters. The molecule has 32 heavy (non-hydrogen) atoms. The van der Waals surface area contributed by atoms with E-state index in [-0.39, 0.29) is 29.9 Å². The predicted octanol–water partition coefficient (Wildman–Crippen LogP) is 4.92. The van der Waals surface area contributed by atoms with Crippen LogP contribution in [0.3, 0.4) is 0 Å². The Labute approximate surface area is 177 Å². The van der Waals surface area contributed by atoms with E-state index in [1.165, 1.54) is 29.2 Å². The minimum absolute atomic E-state index is 0.132. The van der Waals surface area contributed by atoms with Crippen LogP contribution in [0.25, 0.3) is 0 Å². The molecule has 2 aromatic carbocycles. The maximum absolute atomic E-state index is 14.7. The summed E-state index contributed by atoms with van der Waals surface area (Å²) < 4.78 is 95.8. The molecule has 1 fully saturated rings. The summed E-state index contributed by atoms with van der Waals surface area (Å²) in [7, 11) is 0. The Bertz CT molecular complexity index is 1060. The predicted molar refractivity (Wildman–Crippen MR) is 98.3 cm³/mol. The van der Waals surface area contributed by atoms with Crippen molar-refractivity contribution >= 4 is 12.1 Å². The minimum Gasteiger partial charge on any atom is -0.374 e. The highest BCUT2D eigenvalue weighted by molar-refractivity contribution is 6.01. The highest BCUT2D eigenvalue weighted by Crippen LogP contribution is 2.49. The molecule has 4 nitrogen and oxygen atoms in total. The second-order valence-electron chi connectivity index (χ2n) is 7.76. The van der Waals surface area contributed by atoms with E-state index < -0.39 is 41.2 Å². The minimum atomic E-state index is -5.06. The molecule has 170 valence electrons. The van der Waals surface area contributed by atoms with Gasteiger partial charge in [-0.25, -0.2) is 4.39 Å². The topological polar surface area (TPSA) is 41.9 Å². The average molecular weight is 460 g/mol. The van der Waals surface area contributed by atoms with Crippen LogP contribution >= 0.6 is 0 Å². The molecule has 1 unspecified atom stereocenters. The summed E-state index contributed by atoms with van der Waals surface area (Å²) in [6, 6.07) is 8.33. The van der Waals surface area contributed by atoms with Crippen LogP contribution in [0.2, 0.25) is 0 Å². The Morgan fingerprint density at radius 2 is 1.62 bits per heavy atom. The van der Waals surface area contributed by atoms with Gasteiger partial charge >= 0.3 is 12.4 Å². The molecule has 1 amide bonds. The number of carbonyl (C=O) groups is 1. The molecule has 2 aliphatic heterocycles. The van der Waals surface area contributed by atoms with Gasteiger partial charge in [-0.15, -0.1) is 0 Å². The largest absolute Gasteiger partial charge is 0.435 e. The lowest BCUT2D eigenvalue weighted by Gasteiger charge is -2.42. The molecule has 2 aliphatic rings. The molecule has 2 aromatic rings. The molecule has 0 aliphatic carbocycles. The van der Waals surface area contributed by atoms with Crippen molar-refractivity contribution in [3.05, 3.63) is 70.8 Å². The van der Waals surface area contributed by atoms with Crippen molar-refractivity contribution in [2.45, 2.75) is 30.0 Å². The van der Waals surface area contributed by atoms with Gasteiger partial charge in [-0.3, -0.25) is 4.79 Å². The number of amides is 1. The van der Waals surface area contributed by atoms with Crippen LogP contribution in [0, 0.1) is 0 Å². The number of oxime groups is 1. The van der Waals surface area contributed by atoms with Crippen LogP contribution in [0.1, 0.15) is 28.7 Å². The van der Waals surface area contributed by atoms with Crippen LogP contribution in [0.4, 0.5) is 30.7 Å². The van der Waals surface area contributed by atoms with Crippen molar-refractivity contribution < 1.29 is 40.4 Å². The van der Waals surface area contributed by atoms with E-state index in [2.05, 4.69) is 5.16 Å². The molecule has 11 heteroatoms. The van der Waals surface area contributed by atoms with Gasteiger partial charge in [0.2, 0.25) is 6.41 Å². The van der Waals surface area contributed by atoms with E-state index in [0.717, 1.165) is 12.1 Å². The molecule has 0 saturated carbocycles. The summed E-state index contributed by atoms with van der Waals surface area (Å²) in [5, 5.41) is 3.51. The number of hydrogen-bond acceptors (Lipinski definition) is 3. The summed E-state index contributed by atoms with van der Waals surface area (Å²) in [5.74, 6) is 0. The molecule has 0 spiro atoms. The molecule has 2 heterocycles. The second kappa shape index (κ2) is 7.21. The van der Waals surface area contributed by atoms with E-state index in [1.54, 1.807) is 0 Å². The summed E-state index contributed by atoms with van der Waals surface area (Å²) in [6.07, 6.45) is -10.2. The van der Waals surface area contributed by atoms with Gasteiger partial charge in [0.25, 0.3) is 5.60 Å². The van der Waals surface area contributed by atoms with E-state index in [9.17, 15) is 35.5 Å². The number of benzene rings is 2. The second-order valence-corrected chi connectivity index (χ2v) is 7.76. The van der Waals surface area contributed by atoms with Crippen molar-refractivity contribution in [2.24, 2.45) is 5.16 Å². The Morgan fingerprint density at radius 3 is 2.19 bits per heavy atom. The number of nitrogens with zero attached hydrogens (tertiary/aromatic N) is 2. The van der Waals surface area contributed by atoms with Crippen molar-refractivity contribution in [2.75, 3.05) is 13.1 Å². The number of alkyl halides is 7. The molecular weight excluding hydrogens is 445 g/mol. The van der Waals surface area contributed by atoms with Crippen molar-refractivity contribution in [1.29, 1.82) is 0 Å². The summed E-state index contributed by atoms with van der Waals surface area (Å²) in [6.45, 7) is -0.265. The molecule has 1 saturated heterocycles. The average Bonchev–Trinajstić information content (AvgIpc) is 3.18. The lowest BCUT2D eigenvalue weighted by Crippen LogP contribution is -2.55. The summed E-state index contributed by atoms with van der Waals surface area (Å²) in [5.41, 5.74) is -6.47. The first-order valence-electron chi connectivity index (χ1n) is 9.37. The van der Waals surface area contributed by atoms with Gasteiger partial charge in [-0.2, -0.15) is 26.3 Å². The van der Waals surface area contributed by atoms with Crippen molar-refractivity contribution in [1.82, 2.24) is 4.90 Å². The summed E-state index contributed by atoms with van der Waals surface area (Å²) in [4.78, 5) is 16.6. The third-order valence-electron chi connectivity index (χ3n) is 5.63. The Balaban J connectivity index is 1.61. The van der Waals surface area contributed by atoms with Crippen LogP contribution < -0.4 is 0 Å². The van der Waals surface area contributed by atoms with Crippen LogP contribution in [-0.4, -0.2) is 36.3 Å². The van der Waals surface area contributed by atoms with Gasteiger partial charge < -0.3 is 9.74 Å². The lowest BCUT2D eigenvalue weighted by molar-refractivity contribution is -0.276. The van der Waals surface area contributed by atoms with Gasteiger partial charge in [0.15, 0.2) is 5.67 Å². The lowest BCUT2D eigenvalue weighted by atomic mass is 9.84. The van der Waals surface area contributed by atoms with E-state index in [0.29, 0.717) is 18.5 Å². The molecule has 0 aromatic heterocycles. The monoisotopic (exact) mass is 460 g/mol. The molecule has 4 rings (SSSR count). The maximum atomic E-state index is 14.7. The number of carbonyl (C=O) groups excluding carboxylic acids is 1. The van der Waals surface area contributed by atoms with E-state index in [4.69, 9.17) is 4.84 Å². The summed E-state index contributed by atoms with van der Waals surface area (Å²) >= 11 is 0. The zero-order chi connectivity index (χ0) is 23.4. The fraction of sp³-hybridized carbons (Fsp3) is 0.333. The van der Waals surface area contributed by atoms with E-state index in [1.807, 2.05) is 0 Å². The molecule has 0 bridgehead atoms. The fourth-order valence-electron chi connectivity index (χ4n) is 3.82. The normalized spacial score (nSPS) is 22.7. The quantitative estimate of drug-likeness (QED) is 0.480. The Kier molecular flexibility index (Phi) is 4.98. The highest BCUT2D eigenvalue weighted by atomic mass is 19.4. The number of likely N-dealkylation sites (tertiary alicyclic amines) is 1. The fourth-order valence-corrected chi connectivity index (χ4v) is 3.82. The molecule has 0 N–H and O–H groups in total. The van der Waals surface area contributed by atoms with Crippen LogP contribution in [-0.2, 0) is 27.1 Å². The van der Waals surface area contributed by atoms with Crippen molar-refractivity contribution in [3.63, 3.8) is 0 Å². The van der Waals surface area contributed by atoms with Gasteiger partial charge in [0.05, 0.1) is 24.4 Å². The third-order valence-corrected chi connectivity index (χ3v) is 5.63. The smallest absolute Gasteiger partial charge is 0.374 e. The number of halogens is 7. The standard InChI is InChI=1S/C21H15F7N2O2/c22-18(10-30(11-18)12-31)14-6-4-13(5-7-14)17-9-19(32-29-17,21(26,27)28)15-2-1-3-16(8-15)20(23,24)25/h1-8,12H,9-11H2. The van der Waals surface area contributed by atoms with Gasteiger partial charge in [-0.1, -0.05) is 41.6 Å². The number of rotatable bonds is 4. The van der Waals surface area contributed by atoms with Gasteiger partial charge in [0, 0.05) is 12.0 Å². The third kappa shape index (κ3) is 3.59. The first-order chi connectivity index (χ1) is 14.9. The zero-order valence-corrected chi connectivity index (χ0v) is 16.2. The van der Waals surface area contributed by atoms with E-state index >= 15 is 0 Å². The maximum Gasteiger partial charge on any atom is 0.435 e. The first-order valence-corrected chi connectivity index (χ1v) is 9.37.